The molecule has 2 fully saturated rings. The van der Waals surface area contributed by atoms with Gasteiger partial charge in [0, 0.05) is 33.1 Å². The van der Waals surface area contributed by atoms with E-state index in [9.17, 15) is 19.7 Å². The second kappa shape index (κ2) is 10.2. The van der Waals surface area contributed by atoms with Gasteiger partial charge in [-0.2, -0.15) is 0 Å². The van der Waals surface area contributed by atoms with Crippen molar-refractivity contribution in [2.24, 2.45) is 7.05 Å². The van der Waals surface area contributed by atoms with Crippen molar-refractivity contribution in [3.8, 4) is 10.8 Å². The molecule has 16 heteroatoms. The number of rotatable bonds is 7. The van der Waals surface area contributed by atoms with Crippen molar-refractivity contribution in [2.45, 2.75) is 13.0 Å². The lowest BCUT2D eigenvalue weighted by Gasteiger charge is -2.36. The summed E-state index contributed by atoms with van der Waals surface area (Å²) in [5.41, 5.74) is 0.810. The van der Waals surface area contributed by atoms with E-state index in [2.05, 4.69) is 20.5 Å². The van der Waals surface area contributed by atoms with E-state index in [-0.39, 0.29) is 24.8 Å². The van der Waals surface area contributed by atoms with Gasteiger partial charge in [0.15, 0.2) is 0 Å². The van der Waals surface area contributed by atoms with Crippen LogP contribution < -0.4 is 20.0 Å². The predicted molar refractivity (Wildman–Crippen MR) is 136 cm³/mol. The minimum atomic E-state index is -0.585. The third-order valence-corrected chi connectivity index (χ3v) is 7.32. The molecule has 2 amide bonds. The zero-order chi connectivity index (χ0) is 27.0. The van der Waals surface area contributed by atoms with Crippen LogP contribution in [0.4, 0.5) is 31.5 Å². The molecule has 0 aliphatic carbocycles. The molecule has 1 atom stereocenters. The molecule has 5 rings (SSSR count). The summed E-state index contributed by atoms with van der Waals surface area (Å²) in [5, 5.41) is 23.2. The summed E-state index contributed by atoms with van der Waals surface area (Å²) in [6.45, 7) is 3.99. The van der Waals surface area contributed by atoms with Crippen LogP contribution in [0.5, 0.6) is 0 Å². The number of halogens is 1. The van der Waals surface area contributed by atoms with E-state index >= 15 is 4.39 Å². The van der Waals surface area contributed by atoms with Gasteiger partial charge in [-0.1, -0.05) is 11.3 Å². The molecule has 0 unspecified atom stereocenters. The van der Waals surface area contributed by atoms with Gasteiger partial charge >= 0.3 is 11.9 Å². The summed E-state index contributed by atoms with van der Waals surface area (Å²) in [7, 11) is 1.55. The largest absolute Gasteiger partial charge is 0.442 e. The first-order chi connectivity index (χ1) is 18.2. The number of carbonyl (C=O) groups is 2. The standard InChI is InChI=1S/C22H24FN9O5S/c1-13(33)24-10-15-12-31(22(34)37-15)14-3-4-17(16(23)9-14)29-5-7-30(8-6-29)21-27-26-20(38-21)19-25-11-18(28(19)2)32(35)36/h3-4,9,11,15H,5-8,10,12H2,1-2H3,(H,24,33)/t15-/m0/s1. The van der Waals surface area contributed by atoms with Crippen LogP contribution in [-0.4, -0.2) is 82.0 Å². The molecule has 0 radical (unpaired) electrons. The van der Waals surface area contributed by atoms with Crippen molar-refractivity contribution >= 4 is 45.7 Å². The van der Waals surface area contributed by atoms with Crippen molar-refractivity contribution in [3.63, 3.8) is 0 Å². The molecule has 3 aromatic rings. The maximum absolute atomic E-state index is 15.1. The number of anilines is 3. The molecule has 2 aliphatic rings. The first-order valence-corrected chi connectivity index (χ1v) is 12.5. The number of hydrogen-bond donors (Lipinski definition) is 1. The van der Waals surface area contributed by atoms with Gasteiger partial charge in [0.2, 0.25) is 16.0 Å². The van der Waals surface area contributed by atoms with Gasteiger partial charge in [0.25, 0.3) is 5.82 Å². The Labute approximate surface area is 219 Å². The fraction of sp³-hybridized carbons (Fsp3) is 0.409. The van der Waals surface area contributed by atoms with Crippen molar-refractivity contribution in [2.75, 3.05) is 54.0 Å². The van der Waals surface area contributed by atoms with Crippen molar-refractivity contribution in [3.05, 3.63) is 40.3 Å². The molecule has 2 aliphatic heterocycles. The van der Waals surface area contributed by atoms with E-state index < -0.39 is 22.9 Å². The predicted octanol–water partition coefficient (Wildman–Crippen LogP) is 1.77. The van der Waals surface area contributed by atoms with E-state index in [0.717, 1.165) is 0 Å². The summed E-state index contributed by atoms with van der Waals surface area (Å²) < 4.78 is 21.7. The second-order valence-electron chi connectivity index (χ2n) is 8.81. The van der Waals surface area contributed by atoms with E-state index in [1.807, 2.05) is 9.80 Å². The number of ether oxygens (including phenoxy) is 1. The molecular weight excluding hydrogens is 521 g/mol. The smallest absolute Gasteiger partial charge is 0.414 e. The third-order valence-electron chi connectivity index (χ3n) is 6.34. The number of imidazole rings is 1. The van der Waals surface area contributed by atoms with Crippen LogP contribution in [0.25, 0.3) is 10.8 Å². The van der Waals surface area contributed by atoms with Gasteiger partial charge in [0.1, 0.15) is 18.1 Å². The molecule has 0 spiro atoms. The first kappa shape index (κ1) is 25.3. The zero-order valence-electron chi connectivity index (χ0n) is 20.5. The molecular formula is C22H24FN9O5S. The zero-order valence-corrected chi connectivity index (χ0v) is 21.4. The normalized spacial score (nSPS) is 17.6. The Morgan fingerprint density at radius 1 is 1.26 bits per heavy atom. The highest BCUT2D eigenvalue weighted by Gasteiger charge is 2.33. The van der Waals surface area contributed by atoms with Crippen LogP contribution in [0, 0.1) is 15.9 Å². The Bertz CT molecular complexity index is 1390. The van der Waals surface area contributed by atoms with Gasteiger partial charge in [-0.15, -0.1) is 10.2 Å². The van der Waals surface area contributed by atoms with Crippen LogP contribution in [0.3, 0.4) is 0 Å². The van der Waals surface area contributed by atoms with Gasteiger partial charge < -0.3 is 30.0 Å². The van der Waals surface area contributed by atoms with Gasteiger partial charge in [-0.05, 0) is 23.1 Å². The van der Waals surface area contributed by atoms with Crippen LogP contribution in [0.1, 0.15) is 6.92 Å². The maximum Gasteiger partial charge on any atom is 0.414 e. The number of nitrogens with zero attached hydrogens (tertiary/aromatic N) is 8. The van der Waals surface area contributed by atoms with Crippen molar-refractivity contribution in [1.29, 1.82) is 0 Å². The summed E-state index contributed by atoms with van der Waals surface area (Å²) in [5.74, 6) is -0.445. The Balaban J connectivity index is 1.21. The van der Waals surface area contributed by atoms with Crippen LogP contribution in [0.2, 0.25) is 0 Å². The number of nitro groups is 1. The average Bonchev–Trinajstić information content (AvgIpc) is 3.61. The van der Waals surface area contributed by atoms with Crippen LogP contribution in [-0.2, 0) is 16.6 Å². The average molecular weight is 546 g/mol. The Morgan fingerprint density at radius 2 is 2.00 bits per heavy atom. The lowest BCUT2D eigenvalue weighted by Crippen LogP contribution is -2.46. The molecule has 14 nitrogen and oxygen atoms in total. The molecule has 2 aromatic heterocycles. The summed E-state index contributed by atoms with van der Waals surface area (Å²) >= 11 is 1.29. The van der Waals surface area contributed by atoms with E-state index in [1.54, 1.807) is 19.2 Å². The summed E-state index contributed by atoms with van der Waals surface area (Å²) in [6, 6.07) is 4.63. The number of hydrogen-bond acceptors (Lipinski definition) is 11. The first-order valence-electron chi connectivity index (χ1n) is 11.7. The fourth-order valence-corrected chi connectivity index (χ4v) is 5.29. The molecule has 0 bridgehead atoms. The number of nitrogens with one attached hydrogen (secondary N) is 1. The lowest BCUT2D eigenvalue weighted by molar-refractivity contribution is -0.391. The van der Waals surface area contributed by atoms with Crippen LogP contribution >= 0.6 is 11.3 Å². The third kappa shape index (κ3) is 4.93. The topological polar surface area (TPSA) is 152 Å². The minimum Gasteiger partial charge on any atom is -0.442 e. The molecule has 4 heterocycles. The highest BCUT2D eigenvalue weighted by molar-refractivity contribution is 7.18. The monoisotopic (exact) mass is 545 g/mol. The molecule has 200 valence electrons. The van der Waals surface area contributed by atoms with E-state index in [1.165, 1.54) is 40.0 Å². The lowest BCUT2D eigenvalue weighted by atomic mass is 10.2. The number of piperazine rings is 1. The number of aromatic nitrogens is 4. The Kier molecular flexibility index (Phi) is 6.79. The molecule has 1 N–H and O–H groups in total. The summed E-state index contributed by atoms with van der Waals surface area (Å²) in [6.07, 6.45) is 0.0968. The van der Waals surface area contributed by atoms with E-state index in [4.69, 9.17) is 4.74 Å². The molecule has 0 saturated carbocycles. The second-order valence-corrected chi connectivity index (χ2v) is 9.77. The van der Waals surface area contributed by atoms with Gasteiger partial charge in [-0.25, -0.2) is 18.7 Å². The highest BCUT2D eigenvalue weighted by Crippen LogP contribution is 2.32. The molecule has 38 heavy (non-hydrogen) atoms. The maximum atomic E-state index is 15.1. The SMILES string of the molecule is CC(=O)NC[C@H]1CN(c2ccc(N3CCN(c4nnc(-c5ncc([N+](=O)[O-])n5C)s4)CC3)c(F)c2)C(=O)O1. The highest BCUT2D eigenvalue weighted by atomic mass is 32.1. The molecule has 2 saturated heterocycles. The number of benzene rings is 1. The quantitative estimate of drug-likeness (QED) is 0.343. The van der Waals surface area contributed by atoms with Gasteiger partial charge in [0.05, 0.1) is 31.5 Å². The van der Waals surface area contributed by atoms with Crippen LogP contribution in [0.15, 0.2) is 24.4 Å². The fourth-order valence-electron chi connectivity index (χ4n) is 4.36. The Hall–Kier alpha value is -4.34. The molecule has 1 aromatic carbocycles. The summed E-state index contributed by atoms with van der Waals surface area (Å²) in [4.78, 5) is 43.3. The Morgan fingerprint density at radius 3 is 2.66 bits per heavy atom. The van der Waals surface area contributed by atoms with Crippen molar-refractivity contribution < 1.29 is 23.6 Å². The van der Waals surface area contributed by atoms with Crippen molar-refractivity contribution in [1.82, 2.24) is 25.1 Å². The van der Waals surface area contributed by atoms with E-state index in [0.29, 0.717) is 53.5 Å². The number of amides is 2. The minimum absolute atomic E-state index is 0.134. The van der Waals surface area contributed by atoms with Gasteiger partial charge in [-0.3, -0.25) is 9.69 Å². The number of cyclic esters (lactones) is 1. The number of carbonyl (C=O) groups excluding carboxylic acids is 2.